The molecule has 3 atom stereocenters. The molecule has 0 aliphatic carbocycles. The fourth-order valence-corrected chi connectivity index (χ4v) is 2.44. The number of halogens is 3. The van der Waals surface area contributed by atoms with Crippen LogP contribution >= 0.6 is 0 Å². The lowest BCUT2D eigenvalue weighted by Crippen LogP contribution is -2.48. The van der Waals surface area contributed by atoms with E-state index in [4.69, 9.17) is 9.52 Å². The molecule has 0 spiro atoms. The summed E-state index contributed by atoms with van der Waals surface area (Å²) in [6.45, 7) is 0.942. The van der Waals surface area contributed by atoms with Crippen molar-refractivity contribution in [2.75, 3.05) is 13.2 Å². The molecular formula is C13H17F3N2O4. The van der Waals surface area contributed by atoms with Gasteiger partial charge in [0.1, 0.15) is 11.5 Å². The molecule has 0 saturated carbocycles. The van der Waals surface area contributed by atoms with E-state index in [0.29, 0.717) is 5.76 Å². The lowest BCUT2D eigenvalue weighted by atomic mass is 10.2. The number of aliphatic hydroxyl groups excluding tert-OH is 2. The molecule has 1 unspecified atom stereocenters. The Hall–Kier alpha value is -1.74. The minimum absolute atomic E-state index is 0.125. The summed E-state index contributed by atoms with van der Waals surface area (Å²) >= 11 is 0. The van der Waals surface area contributed by atoms with Crippen LogP contribution in [0, 0.1) is 6.92 Å². The number of alkyl halides is 3. The Morgan fingerprint density at radius 2 is 2.23 bits per heavy atom. The molecule has 0 radical (unpaired) electrons. The molecule has 22 heavy (non-hydrogen) atoms. The maximum Gasteiger partial charge on any atom is 0.416 e. The van der Waals surface area contributed by atoms with Crippen molar-refractivity contribution in [2.45, 2.75) is 37.7 Å². The van der Waals surface area contributed by atoms with Gasteiger partial charge in [0, 0.05) is 6.54 Å². The summed E-state index contributed by atoms with van der Waals surface area (Å²) in [6, 6.07) is -1.48. The first kappa shape index (κ1) is 16.6. The van der Waals surface area contributed by atoms with Crippen LogP contribution in [0.3, 0.4) is 0 Å². The second kappa shape index (κ2) is 6.17. The second-order valence-electron chi connectivity index (χ2n) is 5.25. The van der Waals surface area contributed by atoms with Gasteiger partial charge in [-0.1, -0.05) is 0 Å². The number of β-amino-alcohol motifs (C(OH)–C–C–N with tert-alkyl or cyclic N) is 1. The minimum Gasteiger partial charge on any atom is -0.464 e. The number of amides is 2. The highest BCUT2D eigenvalue weighted by Gasteiger charge is 2.45. The molecule has 2 heterocycles. The highest BCUT2D eigenvalue weighted by atomic mass is 19.4. The van der Waals surface area contributed by atoms with Gasteiger partial charge in [-0.2, -0.15) is 13.2 Å². The first-order valence-electron chi connectivity index (χ1n) is 6.71. The third kappa shape index (κ3) is 3.53. The first-order chi connectivity index (χ1) is 10.2. The molecule has 1 aliphatic heterocycles. The average Bonchev–Trinajstić information content (AvgIpc) is 3.00. The molecule has 2 rings (SSSR count). The molecule has 124 valence electrons. The standard InChI is InChI=1S/C13H17F3N2O4/c1-7-2-3-10(22-7)11(13(14,15)16)17-12(21)18-5-9(20)4-8(18)6-19/h2-3,8-9,11,19-20H,4-6H2,1H3,(H,17,21)/t8-,9-,11?/m0/s1. The molecule has 0 bridgehead atoms. The largest absolute Gasteiger partial charge is 0.464 e. The number of hydrogen-bond donors (Lipinski definition) is 3. The Balaban J connectivity index is 2.15. The number of nitrogens with zero attached hydrogens (tertiary/aromatic N) is 1. The summed E-state index contributed by atoms with van der Waals surface area (Å²) in [5.74, 6) is -0.123. The molecule has 9 heteroatoms. The number of rotatable bonds is 3. The van der Waals surface area contributed by atoms with Crippen molar-refractivity contribution >= 4 is 6.03 Å². The number of aryl methyl sites for hydroxylation is 1. The fourth-order valence-electron chi connectivity index (χ4n) is 2.44. The van der Waals surface area contributed by atoms with Crippen molar-refractivity contribution < 1.29 is 32.6 Å². The molecule has 1 aromatic heterocycles. The van der Waals surface area contributed by atoms with Gasteiger partial charge in [0.25, 0.3) is 0 Å². The lowest BCUT2D eigenvalue weighted by molar-refractivity contribution is -0.159. The number of nitrogens with one attached hydrogen (secondary N) is 1. The molecule has 1 fully saturated rings. The number of likely N-dealkylation sites (tertiary alicyclic amines) is 1. The third-order valence-corrected chi connectivity index (χ3v) is 3.50. The van der Waals surface area contributed by atoms with Gasteiger partial charge < -0.3 is 24.8 Å². The van der Waals surface area contributed by atoms with Crippen molar-refractivity contribution in [1.82, 2.24) is 10.2 Å². The Labute approximate surface area is 124 Å². The first-order valence-corrected chi connectivity index (χ1v) is 6.71. The molecule has 1 aliphatic rings. The van der Waals surface area contributed by atoms with Crippen molar-refractivity contribution in [2.24, 2.45) is 0 Å². The fraction of sp³-hybridized carbons (Fsp3) is 0.615. The number of furan rings is 1. The zero-order valence-electron chi connectivity index (χ0n) is 11.8. The summed E-state index contributed by atoms with van der Waals surface area (Å²) < 4.78 is 44.3. The van der Waals surface area contributed by atoms with E-state index in [9.17, 15) is 23.1 Å². The predicted molar refractivity (Wildman–Crippen MR) is 69.0 cm³/mol. The summed E-state index contributed by atoms with van der Waals surface area (Å²) in [4.78, 5) is 13.0. The summed E-state index contributed by atoms with van der Waals surface area (Å²) in [7, 11) is 0. The van der Waals surface area contributed by atoms with Gasteiger partial charge in [0.2, 0.25) is 0 Å². The molecule has 1 aromatic rings. The Kier molecular flexibility index (Phi) is 4.66. The zero-order valence-corrected chi connectivity index (χ0v) is 11.8. The predicted octanol–water partition coefficient (Wildman–Crippen LogP) is 1.33. The molecule has 2 amide bonds. The molecule has 1 saturated heterocycles. The van der Waals surface area contributed by atoms with E-state index in [1.807, 2.05) is 5.32 Å². The van der Waals surface area contributed by atoms with Crippen LogP contribution in [0.25, 0.3) is 0 Å². The Morgan fingerprint density at radius 1 is 1.55 bits per heavy atom. The Bertz CT molecular complexity index is 532. The van der Waals surface area contributed by atoms with E-state index in [1.54, 1.807) is 0 Å². The van der Waals surface area contributed by atoms with Crippen molar-refractivity contribution in [3.63, 3.8) is 0 Å². The topological polar surface area (TPSA) is 85.9 Å². The average molecular weight is 322 g/mol. The van der Waals surface area contributed by atoms with Gasteiger partial charge in [-0.3, -0.25) is 0 Å². The van der Waals surface area contributed by atoms with E-state index < -0.39 is 42.8 Å². The minimum atomic E-state index is -4.73. The number of aliphatic hydroxyl groups is 2. The normalized spacial score (nSPS) is 23.6. The van der Waals surface area contributed by atoms with Crippen LogP contribution in [0.4, 0.5) is 18.0 Å². The van der Waals surface area contributed by atoms with Gasteiger partial charge in [-0.25, -0.2) is 4.79 Å². The Morgan fingerprint density at radius 3 is 2.73 bits per heavy atom. The van der Waals surface area contributed by atoms with E-state index in [-0.39, 0.29) is 13.0 Å². The maximum atomic E-state index is 13.1. The maximum absolute atomic E-state index is 13.1. The quantitative estimate of drug-likeness (QED) is 0.784. The van der Waals surface area contributed by atoms with Crippen molar-refractivity contribution in [3.05, 3.63) is 23.7 Å². The van der Waals surface area contributed by atoms with Crippen LogP contribution < -0.4 is 5.32 Å². The highest BCUT2D eigenvalue weighted by Crippen LogP contribution is 2.34. The monoisotopic (exact) mass is 322 g/mol. The molecule has 0 aromatic carbocycles. The number of carbonyl (C=O) groups is 1. The molecular weight excluding hydrogens is 305 g/mol. The van der Waals surface area contributed by atoms with Gasteiger partial charge in [0.05, 0.1) is 18.8 Å². The number of carbonyl (C=O) groups excluding carboxylic acids is 1. The number of urea groups is 1. The highest BCUT2D eigenvalue weighted by molar-refractivity contribution is 5.75. The van der Waals surface area contributed by atoms with E-state index in [1.165, 1.54) is 13.0 Å². The van der Waals surface area contributed by atoms with Crippen molar-refractivity contribution in [1.29, 1.82) is 0 Å². The number of hydrogen-bond acceptors (Lipinski definition) is 4. The van der Waals surface area contributed by atoms with Crippen LogP contribution in [0.2, 0.25) is 0 Å². The third-order valence-electron chi connectivity index (χ3n) is 3.50. The van der Waals surface area contributed by atoms with Crippen LogP contribution in [0.5, 0.6) is 0 Å². The second-order valence-corrected chi connectivity index (χ2v) is 5.25. The van der Waals surface area contributed by atoms with E-state index >= 15 is 0 Å². The van der Waals surface area contributed by atoms with Gasteiger partial charge in [-0.15, -0.1) is 0 Å². The van der Waals surface area contributed by atoms with Gasteiger partial charge in [-0.05, 0) is 25.5 Å². The summed E-state index contributed by atoms with van der Waals surface area (Å²) in [6.07, 6.45) is -5.47. The van der Waals surface area contributed by atoms with Gasteiger partial charge >= 0.3 is 12.2 Å². The van der Waals surface area contributed by atoms with Crippen LogP contribution in [0.15, 0.2) is 16.5 Å². The van der Waals surface area contributed by atoms with Crippen LogP contribution in [-0.2, 0) is 0 Å². The van der Waals surface area contributed by atoms with E-state index in [0.717, 1.165) is 11.0 Å². The molecule has 3 N–H and O–H groups in total. The van der Waals surface area contributed by atoms with Crippen LogP contribution in [0.1, 0.15) is 24.0 Å². The molecule has 6 nitrogen and oxygen atoms in total. The van der Waals surface area contributed by atoms with Crippen LogP contribution in [-0.4, -0.2) is 52.6 Å². The lowest BCUT2D eigenvalue weighted by Gasteiger charge is -2.27. The van der Waals surface area contributed by atoms with E-state index in [2.05, 4.69) is 0 Å². The van der Waals surface area contributed by atoms with Crippen molar-refractivity contribution in [3.8, 4) is 0 Å². The van der Waals surface area contributed by atoms with Gasteiger partial charge in [0.15, 0.2) is 6.04 Å². The summed E-state index contributed by atoms with van der Waals surface area (Å²) in [5, 5.41) is 20.5. The zero-order chi connectivity index (χ0) is 16.5. The smallest absolute Gasteiger partial charge is 0.416 e. The summed E-state index contributed by atoms with van der Waals surface area (Å²) in [5.41, 5.74) is 0. The SMILES string of the molecule is Cc1ccc(C(NC(=O)N2C[C@@H](O)C[C@H]2CO)C(F)(F)F)o1.